The van der Waals surface area contributed by atoms with Crippen molar-refractivity contribution in [1.82, 2.24) is 19.6 Å². The number of unbranched alkanes of at least 4 members (excludes halogenated alkanes) is 1. The van der Waals surface area contributed by atoms with Gasteiger partial charge in [0.2, 0.25) is 0 Å². The van der Waals surface area contributed by atoms with Gasteiger partial charge in [0.05, 0.1) is 0 Å². The number of carbonyl (C=O) groups is 4. The molecule has 0 aliphatic rings. The first kappa shape index (κ1) is 50.6. The molecule has 12 nitrogen and oxygen atoms in total. The number of thioether (sulfide) groups is 3. The van der Waals surface area contributed by atoms with Crippen LogP contribution in [-0.4, -0.2) is 193 Å². The molecule has 0 bridgehead atoms. The molecule has 0 fully saturated rings. The van der Waals surface area contributed by atoms with Crippen molar-refractivity contribution in [2.24, 2.45) is 19.6 Å². The van der Waals surface area contributed by atoms with Gasteiger partial charge in [0, 0.05) is 0 Å². The third kappa shape index (κ3) is 28.1. The Morgan fingerprint density at radius 3 is 1.54 bits per heavy atom. The van der Waals surface area contributed by atoms with Gasteiger partial charge in [-0.1, -0.05) is 0 Å². The van der Waals surface area contributed by atoms with Crippen LogP contribution in [0.25, 0.3) is 0 Å². The van der Waals surface area contributed by atoms with E-state index >= 15 is 0 Å². The molecule has 50 heavy (non-hydrogen) atoms. The predicted octanol–water partition coefficient (Wildman–Crippen LogP) is 2.22. The van der Waals surface area contributed by atoms with Gasteiger partial charge in [-0.05, 0) is 0 Å². The normalized spacial score (nSPS) is 10.1. The van der Waals surface area contributed by atoms with Gasteiger partial charge in [0.1, 0.15) is 0 Å². The van der Waals surface area contributed by atoms with E-state index in [1.54, 1.807) is 51.2 Å². The summed E-state index contributed by atoms with van der Waals surface area (Å²) in [5.41, 5.74) is 0. The van der Waals surface area contributed by atoms with E-state index in [4.69, 9.17) is 30.6 Å². The Labute approximate surface area is 323 Å². The number of carbonyl (C=O) groups excluding carboxylic acids is 4. The van der Waals surface area contributed by atoms with Crippen LogP contribution in [0.5, 0.6) is 0 Å². The molecule has 274 valence electrons. The van der Waals surface area contributed by atoms with Crippen molar-refractivity contribution in [2.75, 3.05) is 119 Å². The first-order valence-corrected chi connectivity index (χ1v) is 21.0. The molecule has 0 rings (SSSR count). The van der Waals surface area contributed by atoms with Gasteiger partial charge >= 0.3 is 325 Å². The summed E-state index contributed by atoms with van der Waals surface area (Å²) in [6.45, 7) is 11.5. The Morgan fingerprint density at radius 1 is 0.640 bits per heavy atom. The van der Waals surface area contributed by atoms with Crippen molar-refractivity contribution in [2.45, 2.75) is 32.6 Å². The summed E-state index contributed by atoms with van der Waals surface area (Å²) in [7, 11) is 20.5. The molecule has 0 saturated carbocycles. The summed E-state index contributed by atoms with van der Waals surface area (Å²) in [6, 6.07) is 0. The Balaban J connectivity index is 0. The number of hydrogen-bond donors (Lipinski definition) is 1. The number of nitrogens with zero attached hydrogens (tertiary/aromatic N) is 8. The fourth-order valence-corrected chi connectivity index (χ4v) is 6.52. The summed E-state index contributed by atoms with van der Waals surface area (Å²) >= 11 is 9.18. The van der Waals surface area contributed by atoms with E-state index in [-0.39, 0.29) is 36.7 Å². The van der Waals surface area contributed by atoms with Crippen molar-refractivity contribution in [3.63, 3.8) is 0 Å². The van der Waals surface area contributed by atoms with Gasteiger partial charge in [0.25, 0.3) is 0 Å². The van der Waals surface area contributed by atoms with Gasteiger partial charge in [-0.15, -0.1) is 0 Å². The summed E-state index contributed by atoms with van der Waals surface area (Å²) < 4.78 is 0. The van der Waals surface area contributed by atoms with Crippen LogP contribution >= 0.6 is 47.9 Å². The standard InChI is InChI=1S/C16H30B2N4O2S2.C14H24B2N4O2S2/c1-3-4-7-21(16(24)14-20-18)10-13-26-11-5-15(23)22(8-6-19-17)9-12-25-2;1-2-5-19(14(22)12-18-16)8-11-24-10-3-13(21)20(7-9-23)6-4-17-15/h3-14H2,1-2H3;2,23H,1,3-12H2. The van der Waals surface area contributed by atoms with Crippen molar-refractivity contribution in [3.8, 4) is 0 Å². The van der Waals surface area contributed by atoms with Crippen LogP contribution in [0.1, 0.15) is 32.6 Å². The zero-order valence-corrected chi connectivity index (χ0v) is 33.4. The molecular weight excluding hydrogens is 708 g/mol. The molecule has 0 aromatic rings. The summed E-state index contributed by atoms with van der Waals surface area (Å²) in [4.78, 5) is 69.1. The van der Waals surface area contributed by atoms with Gasteiger partial charge in [-0.2, -0.15) is 0 Å². The zero-order chi connectivity index (χ0) is 37.8. The summed E-state index contributed by atoms with van der Waals surface area (Å²) in [6.07, 6.45) is 6.62. The van der Waals surface area contributed by atoms with E-state index in [0.717, 1.165) is 48.9 Å². The molecule has 20 heteroatoms. The summed E-state index contributed by atoms with van der Waals surface area (Å²) in [5.74, 6) is 4.53. The van der Waals surface area contributed by atoms with E-state index in [2.05, 4.69) is 45.7 Å². The average molecular weight is 762 g/mol. The maximum absolute atomic E-state index is 12.3. The average Bonchev–Trinajstić information content (AvgIpc) is 3.10. The molecular formula is C30H54B4N8O4S4. The first-order valence-electron chi connectivity index (χ1n) is 16.6. The van der Waals surface area contributed by atoms with Crippen molar-refractivity contribution in [3.05, 3.63) is 12.7 Å². The number of amides is 4. The zero-order valence-electron chi connectivity index (χ0n) is 30.0. The molecule has 0 aromatic heterocycles. The minimum atomic E-state index is -0.125. The minimum absolute atomic E-state index is 0.0259. The van der Waals surface area contributed by atoms with Crippen LogP contribution in [0.2, 0.25) is 0 Å². The third-order valence-electron chi connectivity index (χ3n) is 6.86. The van der Waals surface area contributed by atoms with E-state index in [1.165, 1.54) is 0 Å². The fourth-order valence-electron chi connectivity index (χ4n) is 4.13. The van der Waals surface area contributed by atoms with Crippen LogP contribution in [0, 0.1) is 0 Å². The second-order valence-electron chi connectivity index (χ2n) is 10.6. The van der Waals surface area contributed by atoms with E-state index in [9.17, 15) is 19.2 Å². The SMILES string of the molecule is [B]=NCCN(CCS)C(=O)CCSCCN(CC=C)C(=O)CN=[B].[B]=NCCN(CCSC)C(=O)CCSCCN(CCCC)C(=O)CN=[B]. The second kappa shape index (κ2) is 37.2. The van der Waals surface area contributed by atoms with Gasteiger partial charge in [-0.3, -0.25) is 0 Å². The number of rotatable bonds is 32. The molecule has 0 heterocycles. The molecule has 0 saturated heterocycles. The number of hydrogen-bond acceptors (Lipinski definition) is 12. The van der Waals surface area contributed by atoms with E-state index in [1.807, 2.05) is 16.1 Å². The Bertz CT molecular complexity index is 1010. The molecule has 0 aliphatic heterocycles. The molecule has 0 spiro atoms. The van der Waals surface area contributed by atoms with E-state index < -0.39 is 0 Å². The van der Waals surface area contributed by atoms with Crippen molar-refractivity contribution in [1.29, 1.82) is 0 Å². The van der Waals surface area contributed by atoms with Gasteiger partial charge < -0.3 is 0 Å². The van der Waals surface area contributed by atoms with Crippen LogP contribution in [0.15, 0.2) is 32.2 Å². The fraction of sp³-hybridized carbons (Fsp3) is 0.800. The van der Waals surface area contributed by atoms with Crippen molar-refractivity contribution < 1.29 is 19.2 Å². The Hall–Kier alpha value is -1.52. The van der Waals surface area contributed by atoms with Crippen molar-refractivity contribution >= 4 is 102 Å². The van der Waals surface area contributed by atoms with Crippen LogP contribution in [0.3, 0.4) is 0 Å². The first-order chi connectivity index (χ1) is 24.2. The Kier molecular flexibility index (Phi) is 37.7. The third-order valence-corrected chi connectivity index (χ3v) is 9.58. The van der Waals surface area contributed by atoms with Crippen LogP contribution in [-0.2, 0) is 19.2 Å². The molecule has 0 atom stereocenters. The monoisotopic (exact) mass is 762 g/mol. The topological polar surface area (TPSA) is 131 Å². The molecule has 0 aromatic carbocycles. The van der Waals surface area contributed by atoms with E-state index in [0.29, 0.717) is 76.7 Å². The Morgan fingerprint density at radius 2 is 1.10 bits per heavy atom. The molecule has 0 N–H and O–H groups in total. The van der Waals surface area contributed by atoms with Gasteiger partial charge in [0.15, 0.2) is 0 Å². The maximum atomic E-state index is 12.3. The van der Waals surface area contributed by atoms with Gasteiger partial charge in [-0.25, -0.2) is 0 Å². The van der Waals surface area contributed by atoms with Crippen LogP contribution < -0.4 is 0 Å². The predicted molar refractivity (Wildman–Crippen MR) is 220 cm³/mol. The van der Waals surface area contributed by atoms with Crippen LogP contribution in [0.4, 0.5) is 0 Å². The number of thiol groups is 1. The molecule has 4 amide bonds. The quantitative estimate of drug-likeness (QED) is 0.0482. The summed E-state index contributed by atoms with van der Waals surface area (Å²) in [5, 5.41) is 0. The molecule has 0 aliphatic carbocycles. The second-order valence-corrected chi connectivity index (χ2v) is 14.4. The molecule has 0 unspecified atom stereocenters. The molecule has 4 radical (unpaired) electrons.